The van der Waals surface area contributed by atoms with Crippen LogP contribution in [-0.2, 0) is 9.53 Å². The third-order valence-corrected chi connectivity index (χ3v) is 6.10. The number of carboxylic acids is 1. The van der Waals surface area contributed by atoms with E-state index in [2.05, 4.69) is 15.7 Å². The maximum atomic E-state index is 13.0. The molecule has 1 aliphatic rings. The minimum atomic E-state index is -1.42. The van der Waals surface area contributed by atoms with Crippen LogP contribution in [0.5, 0.6) is 0 Å². The smallest absolute Gasteiger partial charge is 0.433 e. The zero-order valence-corrected chi connectivity index (χ0v) is 17.3. The van der Waals surface area contributed by atoms with Crippen LogP contribution in [0, 0.1) is 5.92 Å². The second-order valence-electron chi connectivity index (χ2n) is 7.05. The van der Waals surface area contributed by atoms with Crippen molar-refractivity contribution < 1.29 is 34.1 Å². The van der Waals surface area contributed by atoms with E-state index in [-0.39, 0.29) is 38.3 Å². The van der Waals surface area contributed by atoms with Crippen LogP contribution in [0.15, 0.2) is 30.3 Å². The number of thiophene rings is 1. The number of carboxylic acid groups (broad SMARTS) is 2. The van der Waals surface area contributed by atoms with Gasteiger partial charge in [-0.25, -0.2) is 9.59 Å². The molecule has 0 aliphatic carbocycles. The summed E-state index contributed by atoms with van der Waals surface area (Å²) in [6, 6.07) is 7.65. The maximum absolute atomic E-state index is 13.0. The van der Waals surface area contributed by atoms with Gasteiger partial charge in [-0.05, 0) is 31.0 Å². The molecule has 0 spiro atoms. The average molecular weight is 458 g/mol. The van der Waals surface area contributed by atoms with Crippen LogP contribution in [0.2, 0.25) is 0 Å². The summed E-state index contributed by atoms with van der Waals surface area (Å²) in [4.78, 5) is 48.3. The Kier molecular flexibility index (Phi) is 5.88. The number of aromatic nitrogens is 2. The molecule has 166 valence electrons. The number of carbonyl (C=O) groups excluding carboxylic acids is 2. The normalized spacial score (nSPS) is 14.2. The lowest BCUT2D eigenvalue weighted by molar-refractivity contribution is -0.122. The van der Waals surface area contributed by atoms with Crippen molar-refractivity contribution >= 4 is 56.9 Å². The van der Waals surface area contributed by atoms with Crippen molar-refractivity contribution in [1.82, 2.24) is 9.78 Å². The second-order valence-corrected chi connectivity index (χ2v) is 8.08. The van der Waals surface area contributed by atoms with Crippen LogP contribution in [-0.4, -0.2) is 57.1 Å². The molecule has 1 aromatic carbocycles. The topological polar surface area (TPSA) is 160 Å². The van der Waals surface area contributed by atoms with Gasteiger partial charge in [-0.15, -0.1) is 16.4 Å². The lowest BCUT2D eigenvalue weighted by atomic mass is 9.99. The number of para-hydroxylation sites is 1. The Balaban J connectivity index is 1.61. The number of hydrogen-bond acceptors (Lipinski definition) is 7. The standard InChI is InChI=1S/C20H18N4O7S/c25-16(10-5-7-31-8-6-10)21-13-4-2-1-3-11(13)17(26)22-15-12-9-14(19(27)28)32-18(12)24(23-15)20(29)30/h1-4,9-10H,5-8H2,(H,21,25)(H,27,28)(H,29,30)(H,22,23,26). The summed E-state index contributed by atoms with van der Waals surface area (Å²) >= 11 is 0.733. The van der Waals surface area contributed by atoms with Gasteiger partial charge in [0.15, 0.2) is 5.82 Å². The van der Waals surface area contributed by atoms with E-state index >= 15 is 0 Å². The SMILES string of the molecule is O=C(O)c1cc2c(NC(=O)c3ccccc3NC(=O)C3CCOCC3)nn(C(=O)O)c2s1. The molecule has 0 unspecified atom stereocenters. The number of carbonyl (C=O) groups is 4. The average Bonchev–Trinajstić information content (AvgIpc) is 3.35. The van der Waals surface area contributed by atoms with Gasteiger partial charge in [-0.3, -0.25) is 9.59 Å². The Hall–Kier alpha value is -3.77. The van der Waals surface area contributed by atoms with E-state index in [0.29, 0.717) is 36.4 Å². The molecule has 4 rings (SSSR count). The maximum Gasteiger partial charge on any atom is 0.433 e. The highest BCUT2D eigenvalue weighted by Gasteiger charge is 2.25. The number of ether oxygens (including phenoxy) is 1. The van der Waals surface area contributed by atoms with Crippen molar-refractivity contribution in [2.75, 3.05) is 23.8 Å². The Labute approximate surface area is 184 Å². The van der Waals surface area contributed by atoms with Crippen LogP contribution in [0.4, 0.5) is 16.3 Å². The number of fused-ring (bicyclic) bond motifs is 1. The molecule has 1 aliphatic heterocycles. The summed E-state index contributed by atoms with van der Waals surface area (Å²) in [5.41, 5.74) is 0.451. The Morgan fingerprint density at radius 3 is 2.50 bits per heavy atom. The van der Waals surface area contributed by atoms with Gasteiger partial charge in [0.1, 0.15) is 9.71 Å². The van der Waals surface area contributed by atoms with E-state index in [1.165, 1.54) is 12.1 Å². The fourth-order valence-corrected chi connectivity index (χ4v) is 4.34. The lowest BCUT2D eigenvalue weighted by Gasteiger charge is -2.21. The number of anilines is 2. The third-order valence-electron chi connectivity index (χ3n) is 5.01. The van der Waals surface area contributed by atoms with Crippen molar-refractivity contribution in [3.8, 4) is 0 Å². The van der Waals surface area contributed by atoms with E-state index in [9.17, 15) is 29.4 Å². The van der Waals surface area contributed by atoms with E-state index in [1.54, 1.807) is 18.2 Å². The van der Waals surface area contributed by atoms with Crippen molar-refractivity contribution in [2.45, 2.75) is 12.8 Å². The van der Waals surface area contributed by atoms with Gasteiger partial charge >= 0.3 is 12.1 Å². The molecule has 32 heavy (non-hydrogen) atoms. The van der Waals surface area contributed by atoms with E-state index in [4.69, 9.17) is 4.74 Å². The number of aromatic carboxylic acids is 1. The van der Waals surface area contributed by atoms with Crippen LogP contribution < -0.4 is 10.6 Å². The fourth-order valence-electron chi connectivity index (χ4n) is 3.39. The highest BCUT2D eigenvalue weighted by Crippen LogP contribution is 2.32. The number of nitrogens with zero attached hydrogens (tertiary/aromatic N) is 2. The van der Waals surface area contributed by atoms with Gasteiger partial charge in [0.05, 0.1) is 16.6 Å². The molecule has 1 saturated heterocycles. The van der Waals surface area contributed by atoms with Gasteiger partial charge in [0, 0.05) is 19.1 Å². The number of rotatable bonds is 5. The number of hydrogen-bond donors (Lipinski definition) is 4. The molecular weight excluding hydrogens is 440 g/mol. The number of nitrogens with one attached hydrogen (secondary N) is 2. The Morgan fingerprint density at radius 2 is 1.81 bits per heavy atom. The van der Waals surface area contributed by atoms with Gasteiger partial charge in [-0.2, -0.15) is 4.68 Å². The van der Waals surface area contributed by atoms with Crippen molar-refractivity contribution in [3.63, 3.8) is 0 Å². The van der Waals surface area contributed by atoms with Crippen molar-refractivity contribution in [3.05, 3.63) is 40.8 Å². The first-order valence-corrected chi connectivity index (χ1v) is 10.4. The van der Waals surface area contributed by atoms with Gasteiger partial charge < -0.3 is 25.6 Å². The van der Waals surface area contributed by atoms with Crippen molar-refractivity contribution in [2.24, 2.45) is 5.92 Å². The van der Waals surface area contributed by atoms with Gasteiger partial charge in [0.2, 0.25) is 5.91 Å². The molecule has 4 N–H and O–H groups in total. The number of benzene rings is 1. The first-order valence-electron chi connectivity index (χ1n) is 9.63. The number of amides is 2. The van der Waals surface area contributed by atoms with Crippen LogP contribution >= 0.6 is 11.3 Å². The molecule has 3 heterocycles. The predicted molar refractivity (Wildman–Crippen MR) is 115 cm³/mol. The van der Waals surface area contributed by atoms with Crippen LogP contribution in [0.1, 0.15) is 32.9 Å². The Morgan fingerprint density at radius 1 is 1.09 bits per heavy atom. The molecule has 0 radical (unpaired) electrons. The summed E-state index contributed by atoms with van der Waals surface area (Å²) in [6.07, 6.45) is -0.234. The van der Waals surface area contributed by atoms with Crippen LogP contribution in [0.25, 0.3) is 10.2 Å². The molecule has 0 atom stereocenters. The summed E-state index contributed by atoms with van der Waals surface area (Å²) in [6.45, 7) is 1.00. The van der Waals surface area contributed by atoms with E-state index in [0.717, 1.165) is 11.3 Å². The first-order chi connectivity index (χ1) is 15.3. The first kappa shape index (κ1) is 21.5. The molecule has 11 nitrogen and oxygen atoms in total. The van der Waals surface area contributed by atoms with Crippen LogP contribution in [0.3, 0.4) is 0 Å². The molecule has 3 aromatic rings. The molecule has 2 aromatic heterocycles. The minimum absolute atomic E-state index is 0.0753. The third kappa shape index (κ3) is 4.18. The predicted octanol–water partition coefficient (Wildman–Crippen LogP) is 2.94. The van der Waals surface area contributed by atoms with Crippen molar-refractivity contribution in [1.29, 1.82) is 0 Å². The fraction of sp³-hybridized carbons (Fsp3) is 0.250. The summed E-state index contributed by atoms with van der Waals surface area (Å²) in [5, 5.41) is 27.9. The highest BCUT2D eigenvalue weighted by atomic mass is 32.1. The summed E-state index contributed by atoms with van der Waals surface area (Å²) in [7, 11) is 0. The monoisotopic (exact) mass is 458 g/mol. The zero-order chi connectivity index (χ0) is 22.8. The molecule has 0 saturated carbocycles. The molecule has 1 fully saturated rings. The van der Waals surface area contributed by atoms with Gasteiger partial charge in [0.25, 0.3) is 5.91 Å². The van der Waals surface area contributed by atoms with E-state index in [1.807, 2.05) is 0 Å². The summed E-state index contributed by atoms with van der Waals surface area (Å²) in [5.74, 6) is -2.38. The minimum Gasteiger partial charge on any atom is -0.477 e. The second kappa shape index (κ2) is 8.77. The molecule has 0 bridgehead atoms. The highest BCUT2D eigenvalue weighted by molar-refractivity contribution is 7.20. The molecule has 2 amide bonds. The largest absolute Gasteiger partial charge is 0.477 e. The van der Waals surface area contributed by atoms with E-state index < -0.39 is 18.0 Å². The summed E-state index contributed by atoms with van der Waals surface area (Å²) < 4.78 is 5.88. The molecular formula is C20H18N4O7S. The molecule has 12 heteroatoms. The zero-order valence-electron chi connectivity index (χ0n) is 16.5. The Bertz CT molecular complexity index is 1230. The van der Waals surface area contributed by atoms with Gasteiger partial charge in [-0.1, -0.05) is 12.1 Å². The lowest BCUT2D eigenvalue weighted by Crippen LogP contribution is -2.29. The quantitative estimate of drug-likeness (QED) is 0.454.